The number of aliphatic carboxylic acids is 1. The van der Waals surface area contributed by atoms with Crippen LogP contribution >= 0.6 is 0 Å². The summed E-state index contributed by atoms with van der Waals surface area (Å²) in [7, 11) is 0. The second-order valence-corrected chi connectivity index (χ2v) is 16.9. The van der Waals surface area contributed by atoms with Crippen molar-refractivity contribution in [1.29, 1.82) is 0 Å². The molecule has 4 aliphatic rings. The molecule has 6 rings (SSSR count). The number of nitrogens with zero attached hydrogens (tertiary/aromatic N) is 3. The average Bonchev–Trinajstić information content (AvgIpc) is 3.79. The van der Waals surface area contributed by atoms with E-state index in [2.05, 4.69) is 26.3 Å². The van der Waals surface area contributed by atoms with Crippen LogP contribution in [0.15, 0.2) is 36.5 Å². The third kappa shape index (κ3) is 12.0. The number of carboxylic acid groups (broad SMARTS) is 1. The van der Waals surface area contributed by atoms with E-state index in [1.807, 2.05) is 36.3 Å². The minimum atomic E-state index is -1.77. The molecule has 0 spiro atoms. The van der Waals surface area contributed by atoms with Gasteiger partial charge in [0.15, 0.2) is 18.7 Å². The number of terminal acetylenes is 1. The predicted octanol–water partition coefficient (Wildman–Crippen LogP) is -1.25. The highest BCUT2D eigenvalue weighted by Crippen LogP contribution is 2.41. The Morgan fingerprint density at radius 3 is 2.31 bits per heavy atom. The molecule has 21 heteroatoms. The maximum atomic E-state index is 14.0. The van der Waals surface area contributed by atoms with E-state index in [4.69, 9.17) is 30.1 Å². The number of nitrogens with one attached hydrogen (secondary N) is 3. The Morgan fingerprint density at radius 2 is 1.64 bits per heavy atom. The largest absolute Gasteiger partial charge is 0.479 e. The quantitative estimate of drug-likeness (QED) is 0.0662. The van der Waals surface area contributed by atoms with Crippen molar-refractivity contribution in [2.24, 2.45) is 11.8 Å². The molecule has 64 heavy (non-hydrogen) atoms. The number of rotatable bonds is 17. The predicted molar refractivity (Wildman–Crippen MR) is 221 cm³/mol. The Hall–Kier alpha value is -4.60. The number of carbonyl (C=O) groups excluding carboxylic acids is 3. The average molecular weight is 901 g/mol. The van der Waals surface area contributed by atoms with Crippen LogP contribution in [0.2, 0.25) is 0 Å². The van der Waals surface area contributed by atoms with Gasteiger partial charge in [0, 0.05) is 31.5 Å². The van der Waals surface area contributed by atoms with Crippen LogP contribution in [0.25, 0.3) is 11.3 Å². The molecule has 3 heterocycles. The van der Waals surface area contributed by atoms with E-state index < -0.39 is 122 Å². The number of amides is 3. The van der Waals surface area contributed by atoms with E-state index in [1.54, 1.807) is 6.20 Å². The summed E-state index contributed by atoms with van der Waals surface area (Å²) in [5.74, 6) is -1.97. The molecule has 2 saturated carbocycles. The minimum absolute atomic E-state index is 0.00239. The van der Waals surface area contributed by atoms with Gasteiger partial charge in [-0.3, -0.25) is 14.4 Å². The molecule has 2 aliphatic heterocycles. The van der Waals surface area contributed by atoms with Gasteiger partial charge < -0.3 is 70.3 Å². The lowest BCUT2D eigenvalue weighted by Gasteiger charge is -2.49. The lowest BCUT2D eigenvalue weighted by Crippen LogP contribution is -2.67. The molecule has 2 aliphatic carbocycles. The molecule has 9 unspecified atom stereocenters. The zero-order chi connectivity index (χ0) is 46.1. The van der Waals surface area contributed by atoms with Crippen LogP contribution < -0.4 is 16.0 Å². The summed E-state index contributed by atoms with van der Waals surface area (Å²) in [5.41, 5.74) is 1.17. The molecule has 0 bridgehead atoms. The fourth-order valence-electron chi connectivity index (χ4n) is 9.02. The minimum Gasteiger partial charge on any atom is -0.479 e. The standard InChI is InChI=1S/C43H60N6O15/c1-4-32(52)44-15-16-45-40(57)26-18-28(49-20-27(47-48-49)25-13-9-6-10-14-25)38(64-43-37(56)36(55)34(53)22(2)60-43)29(19-26)62-42-33(46-23(3)51)39(35(54)31(21-50)63-42)61-30(41(58)59)17-24-11-7-5-8-12-24/h1,6,9-10,13-14,20,22,24,26,28-31,33-39,42-43,50,53-56H,5,7-8,11-12,15-19,21H2,2-3H3,(H,44,52)(H,45,57)(H,46,51)(H,58,59)/t22?,26?,28?,29-,30+,31?,33?,34-,35+,36?,37?,38?,39?,42-,43+/m1/s1. The zero-order valence-corrected chi connectivity index (χ0v) is 35.8. The van der Waals surface area contributed by atoms with Crippen molar-refractivity contribution in [3.05, 3.63) is 36.5 Å². The molecule has 352 valence electrons. The maximum absolute atomic E-state index is 14.0. The van der Waals surface area contributed by atoms with Crippen molar-refractivity contribution in [1.82, 2.24) is 30.9 Å². The first-order chi connectivity index (χ1) is 30.7. The van der Waals surface area contributed by atoms with Gasteiger partial charge in [0.1, 0.15) is 54.5 Å². The molecular formula is C43H60N6O15. The SMILES string of the molecule is C#CC(=O)NCCNC(=O)C1CC(n2cc(-c3ccccc3)nn2)C(O[C@@H]2OC(C)[C@@H](O)C(O)C2O)[C@H](O[C@@H]2OC(CO)[C@H](O)C(O[C@@H](CC3CCCCC3)C(=O)O)C2NC(C)=O)C1. The van der Waals surface area contributed by atoms with Crippen molar-refractivity contribution in [2.75, 3.05) is 19.7 Å². The van der Waals surface area contributed by atoms with Gasteiger partial charge in [-0.05, 0) is 38.0 Å². The van der Waals surface area contributed by atoms with Gasteiger partial charge in [0.2, 0.25) is 11.8 Å². The molecule has 4 fully saturated rings. The molecule has 3 amide bonds. The molecule has 2 saturated heterocycles. The van der Waals surface area contributed by atoms with Gasteiger partial charge in [0.05, 0.1) is 31.1 Å². The van der Waals surface area contributed by atoms with E-state index >= 15 is 0 Å². The van der Waals surface area contributed by atoms with Gasteiger partial charge in [-0.15, -0.1) is 11.5 Å². The number of carboxylic acids is 1. The van der Waals surface area contributed by atoms with Crippen molar-refractivity contribution < 1.29 is 73.5 Å². The second-order valence-electron chi connectivity index (χ2n) is 16.9. The summed E-state index contributed by atoms with van der Waals surface area (Å²) in [4.78, 5) is 51.3. The van der Waals surface area contributed by atoms with Gasteiger partial charge >= 0.3 is 5.97 Å². The van der Waals surface area contributed by atoms with Crippen LogP contribution in [0.4, 0.5) is 0 Å². The first-order valence-electron chi connectivity index (χ1n) is 21.8. The van der Waals surface area contributed by atoms with Crippen LogP contribution in [0.3, 0.4) is 0 Å². The van der Waals surface area contributed by atoms with Crippen LogP contribution in [0.1, 0.15) is 71.3 Å². The van der Waals surface area contributed by atoms with Gasteiger partial charge in [0.25, 0.3) is 5.91 Å². The lowest BCUT2D eigenvalue weighted by atomic mass is 9.80. The van der Waals surface area contributed by atoms with Crippen molar-refractivity contribution >= 4 is 23.7 Å². The Bertz CT molecular complexity index is 1910. The van der Waals surface area contributed by atoms with Gasteiger partial charge in [-0.1, -0.05) is 67.6 Å². The molecule has 21 nitrogen and oxygen atoms in total. The summed E-state index contributed by atoms with van der Waals surface area (Å²) >= 11 is 0. The van der Waals surface area contributed by atoms with Gasteiger partial charge in [-0.25, -0.2) is 9.48 Å². The van der Waals surface area contributed by atoms with Crippen LogP contribution in [0, 0.1) is 24.2 Å². The molecule has 0 radical (unpaired) electrons. The second kappa shape index (κ2) is 22.5. The summed E-state index contributed by atoms with van der Waals surface area (Å²) in [6.45, 7) is 1.91. The topological polar surface area (TPSA) is 303 Å². The fraction of sp³-hybridized carbons (Fsp3) is 0.674. The number of aliphatic hydroxyl groups is 5. The number of carbonyl (C=O) groups is 4. The third-order valence-electron chi connectivity index (χ3n) is 12.4. The van der Waals surface area contributed by atoms with Crippen molar-refractivity contribution in [2.45, 2.75) is 151 Å². The first-order valence-corrected chi connectivity index (χ1v) is 21.8. The highest BCUT2D eigenvalue weighted by molar-refractivity contribution is 5.92. The molecule has 1 aromatic carbocycles. The van der Waals surface area contributed by atoms with Crippen LogP contribution in [-0.2, 0) is 42.9 Å². The number of aromatic nitrogens is 3. The van der Waals surface area contributed by atoms with Crippen LogP contribution in [0.5, 0.6) is 0 Å². The Balaban J connectivity index is 1.38. The van der Waals surface area contributed by atoms with Crippen LogP contribution in [-0.4, -0.2) is 169 Å². The normalized spacial score (nSPS) is 33.9. The number of aliphatic hydroxyl groups excluding tert-OH is 5. The molecule has 15 atom stereocenters. The third-order valence-corrected chi connectivity index (χ3v) is 12.4. The van der Waals surface area contributed by atoms with Crippen molar-refractivity contribution in [3.8, 4) is 23.6 Å². The molecule has 2 aromatic rings. The summed E-state index contributed by atoms with van der Waals surface area (Å²) in [6, 6.07) is 6.75. The number of hydrogen-bond donors (Lipinski definition) is 9. The van der Waals surface area contributed by atoms with Crippen molar-refractivity contribution in [3.63, 3.8) is 0 Å². The summed E-state index contributed by atoms with van der Waals surface area (Å²) in [5, 5.41) is 81.6. The van der Waals surface area contributed by atoms with E-state index in [9.17, 15) is 49.8 Å². The number of hydrogen-bond acceptors (Lipinski definition) is 16. The Morgan fingerprint density at radius 1 is 0.922 bits per heavy atom. The van der Waals surface area contributed by atoms with Gasteiger partial charge in [-0.2, -0.15) is 0 Å². The summed E-state index contributed by atoms with van der Waals surface area (Å²) in [6.07, 6.45) is -6.32. The Labute approximate surface area is 370 Å². The molecule has 9 N–H and O–H groups in total. The summed E-state index contributed by atoms with van der Waals surface area (Å²) < 4.78 is 32.9. The first kappa shape index (κ1) is 48.8. The Kier molecular flexibility index (Phi) is 17.2. The smallest absolute Gasteiger partial charge is 0.332 e. The van der Waals surface area contributed by atoms with E-state index in [-0.39, 0.29) is 38.3 Å². The zero-order valence-electron chi connectivity index (χ0n) is 35.8. The maximum Gasteiger partial charge on any atom is 0.332 e. The van der Waals surface area contributed by atoms with E-state index in [0.717, 1.165) is 32.1 Å². The van der Waals surface area contributed by atoms with E-state index in [1.165, 1.54) is 18.5 Å². The fourth-order valence-corrected chi connectivity index (χ4v) is 9.02. The number of ether oxygens (including phenoxy) is 5. The molecule has 1 aromatic heterocycles. The highest BCUT2D eigenvalue weighted by atomic mass is 16.7. The monoisotopic (exact) mass is 900 g/mol. The van der Waals surface area contributed by atoms with E-state index in [0.29, 0.717) is 11.3 Å². The lowest BCUT2D eigenvalue weighted by molar-refractivity contribution is -0.337. The number of benzene rings is 1. The molecular weight excluding hydrogens is 840 g/mol. The highest BCUT2D eigenvalue weighted by Gasteiger charge is 2.53.